The number of aryl methyl sites for hydroxylation is 2. The Hall–Kier alpha value is -1.41. The van der Waals surface area contributed by atoms with Crippen LogP contribution in [0.3, 0.4) is 0 Å². The third kappa shape index (κ3) is 3.67. The van der Waals surface area contributed by atoms with Gasteiger partial charge in [-0.05, 0) is 44.4 Å². The summed E-state index contributed by atoms with van der Waals surface area (Å²) in [6, 6.07) is 7.39. The van der Waals surface area contributed by atoms with Crippen LogP contribution in [-0.4, -0.2) is 46.3 Å². The summed E-state index contributed by atoms with van der Waals surface area (Å²) in [7, 11) is -1.87. The molecule has 26 heavy (non-hydrogen) atoms. The van der Waals surface area contributed by atoms with Crippen LogP contribution in [0.5, 0.6) is 0 Å². The summed E-state index contributed by atoms with van der Waals surface area (Å²) in [5.74, 6) is 0. The van der Waals surface area contributed by atoms with Gasteiger partial charge < -0.3 is 5.11 Å². The van der Waals surface area contributed by atoms with Crippen molar-refractivity contribution in [1.29, 1.82) is 0 Å². The van der Waals surface area contributed by atoms with Crippen LogP contribution in [0.2, 0.25) is 5.02 Å². The smallest absolute Gasteiger partial charge is 0.246 e. The van der Waals surface area contributed by atoms with E-state index in [1.54, 1.807) is 37.7 Å². The fourth-order valence-electron chi connectivity index (χ4n) is 3.56. The zero-order valence-corrected chi connectivity index (χ0v) is 16.8. The van der Waals surface area contributed by atoms with Crippen molar-refractivity contribution >= 4 is 21.6 Å². The maximum atomic E-state index is 13.0. The fourth-order valence-corrected chi connectivity index (χ4v) is 5.53. The third-order valence-corrected chi connectivity index (χ3v) is 7.54. The average Bonchev–Trinajstić information content (AvgIpc) is 2.83. The van der Waals surface area contributed by atoms with Crippen molar-refractivity contribution in [1.82, 2.24) is 14.1 Å². The first-order chi connectivity index (χ1) is 12.1. The number of aliphatic hydroxyl groups is 1. The van der Waals surface area contributed by atoms with Gasteiger partial charge in [-0.3, -0.25) is 4.68 Å². The lowest BCUT2D eigenvalue weighted by Gasteiger charge is -2.37. The molecule has 0 unspecified atom stereocenters. The minimum absolute atomic E-state index is 0.281. The van der Waals surface area contributed by atoms with Gasteiger partial charge in [-0.25, -0.2) is 8.42 Å². The Kier molecular flexibility index (Phi) is 5.18. The molecule has 1 aliphatic rings. The van der Waals surface area contributed by atoms with Gasteiger partial charge in [0.1, 0.15) is 4.90 Å². The number of aromatic nitrogens is 2. The molecule has 6 nitrogen and oxygen atoms in total. The van der Waals surface area contributed by atoms with Crippen LogP contribution in [-0.2, 0) is 23.5 Å². The first-order valence-corrected chi connectivity index (χ1v) is 10.4. The molecule has 0 bridgehead atoms. The number of sulfonamides is 1. The lowest BCUT2D eigenvalue weighted by molar-refractivity contribution is -0.00441. The van der Waals surface area contributed by atoms with Crippen LogP contribution in [0.25, 0.3) is 0 Å². The fraction of sp³-hybridized carbons (Fsp3) is 0.500. The largest absolute Gasteiger partial charge is 0.389 e. The van der Waals surface area contributed by atoms with Crippen LogP contribution in [0.15, 0.2) is 29.2 Å². The van der Waals surface area contributed by atoms with Gasteiger partial charge in [-0.2, -0.15) is 9.40 Å². The van der Waals surface area contributed by atoms with E-state index >= 15 is 0 Å². The zero-order chi connectivity index (χ0) is 19.1. The van der Waals surface area contributed by atoms with E-state index in [0.717, 1.165) is 5.56 Å². The molecule has 1 aliphatic heterocycles. The van der Waals surface area contributed by atoms with Crippen LogP contribution >= 0.6 is 11.6 Å². The molecule has 0 amide bonds. The number of hydrogen-bond donors (Lipinski definition) is 1. The van der Waals surface area contributed by atoms with Gasteiger partial charge in [0.15, 0.2) is 0 Å². The SMILES string of the molecule is Cc1nn(C)c(C)c1S(=O)(=O)N1CCC(O)(Cc2ccc(Cl)cc2)CC1. The number of piperidine rings is 1. The summed E-state index contributed by atoms with van der Waals surface area (Å²) in [4.78, 5) is 0.281. The molecule has 0 aliphatic carbocycles. The maximum absolute atomic E-state index is 13.0. The highest BCUT2D eigenvalue weighted by Gasteiger charge is 2.38. The summed E-state index contributed by atoms with van der Waals surface area (Å²) >= 11 is 5.90. The molecule has 3 rings (SSSR count). The maximum Gasteiger partial charge on any atom is 0.246 e. The van der Waals surface area contributed by atoms with Gasteiger partial charge in [0.05, 0.1) is 17.0 Å². The van der Waals surface area contributed by atoms with E-state index in [1.807, 2.05) is 12.1 Å². The molecule has 0 saturated carbocycles. The molecule has 0 radical (unpaired) electrons. The predicted octanol–water partition coefficient (Wildman–Crippen LogP) is 2.45. The van der Waals surface area contributed by atoms with Crippen molar-refractivity contribution in [3.63, 3.8) is 0 Å². The van der Waals surface area contributed by atoms with Crippen LogP contribution < -0.4 is 0 Å². The van der Waals surface area contributed by atoms with Crippen molar-refractivity contribution < 1.29 is 13.5 Å². The number of benzene rings is 1. The van der Waals surface area contributed by atoms with Crippen molar-refractivity contribution in [2.75, 3.05) is 13.1 Å². The van der Waals surface area contributed by atoms with Crippen LogP contribution in [0.4, 0.5) is 0 Å². The lowest BCUT2D eigenvalue weighted by atomic mass is 9.86. The number of rotatable bonds is 4. The van der Waals surface area contributed by atoms with Crippen molar-refractivity contribution in [2.45, 2.75) is 43.6 Å². The molecule has 8 heteroatoms. The second-order valence-electron chi connectivity index (χ2n) is 7.06. The summed E-state index contributed by atoms with van der Waals surface area (Å²) in [6.45, 7) is 4.05. The van der Waals surface area contributed by atoms with Crippen LogP contribution in [0.1, 0.15) is 29.8 Å². The Morgan fingerprint density at radius 1 is 1.19 bits per heavy atom. The first-order valence-electron chi connectivity index (χ1n) is 8.60. The van der Waals surface area contributed by atoms with Gasteiger partial charge in [0, 0.05) is 31.6 Å². The molecule has 0 spiro atoms. The van der Waals surface area contributed by atoms with E-state index in [9.17, 15) is 13.5 Å². The Balaban J connectivity index is 1.74. The molecular weight excluding hydrogens is 374 g/mol. The van der Waals surface area contributed by atoms with E-state index in [4.69, 9.17) is 11.6 Å². The average molecular weight is 398 g/mol. The predicted molar refractivity (Wildman–Crippen MR) is 101 cm³/mol. The monoisotopic (exact) mass is 397 g/mol. The molecule has 1 fully saturated rings. The normalized spacial score (nSPS) is 18.2. The van der Waals surface area contributed by atoms with Gasteiger partial charge in [0.25, 0.3) is 0 Å². The van der Waals surface area contributed by atoms with E-state index in [-0.39, 0.29) is 4.90 Å². The minimum atomic E-state index is -3.61. The highest BCUT2D eigenvalue weighted by atomic mass is 35.5. The molecular formula is C18H24ClN3O3S. The highest BCUT2D eigenvalue weighted by Crippen LogP contribution is 2.31. The quantitative estimate of drug-likeness (QED) is 0.859. The second kappa shape index (κ2) is 6.96. The van der Waals surface area contributed by atoms with E-state index in [0.29, 0.717) is 48.8 Å². The van der Waals surface area contributed by atoms with Crippen molar-refractivity contribution in [2.24, 2.45) is 7.05 Å². The Morgan fingerprint density at radius 3 is 2.27 bits per heavy atom. The standard InChI is InChI=1S/C18H24ClN3O3S/c1-13-17(14(2)21(3)20-13)26(24,25)22-10-8-18(23,9-11-22)12-15-4-6-16(19)7-5-15/h4-7,23H,8-12H2,1-3H3. The molecule has 1 saturated heterocycles. The molecule has 1 aromatic carbocycles. The highest BCUT2D eigenvalue weighted by molar-refractivity contribution is 7.89. The lowest BCUT2D eigenvalue weighted by Crippen LogP contribution is -2.47. The summed E-state index contributed by atoms with van der Waals surface area (Å²) < 4.78 is 29.1. The zero-order valence-electron chi connectivity index (χ0n) is 15.2. The Labute approximate surface area is 159 Å². The summed E-state index contributed by atoms with van der Waals surface area (Å²) in [5.41, 5.74) is 1.22. The molecule has 1 N–H and O–H groups in total. The summed E-state index contributed by atoms with van der Waals surface area (Å²) in [5, 5.41) is 15.8. The topological polar surface area (TPSA) is 75.4 Å². The number of halogens is 1. The molecule has 2 heterocycles. The van der Waals surface area contributed by atoms with E-state index < -0.39 is 15.6 Å². The van der Waals surface area contributed by atoms with Crippen molar-refractivity contribution in [3.8, 4) is 0 Å². The van der Waals surface area contributed by atoms with Crippen LogP contribution in [0, 0.1) is 13.8 Å². The molecule has 142 valence electrons. The number of nitrogens with zero attached hydrogens (tertiary/aromatic N) is 3. The Morgan fingerprint density at radius 2 is 1.77 bits per heavy atom. The van der Waals surface area contributed by atoms with E-state index in [1.165, 1.54) is 4.31 Å². The second-order valence-corrected chi connectivity index (χ2v) is 9.37. The van der Waals surface area contributed by atoms with E-state index in [2.05, 4.69) is 5.10 Å². The number of hydrogen-bond acceptors (Lipinski definition) is 4. The van der Waals surface area contributed by atoms with Gasteiger partial charge in [-0.15, -0.1) is 0 Å². The minimum Gasteiger partial charge on any atom is -0.389 e. The molecule has 0 atom stereocenters. The third-order valence-electron chi connectivity index (χ3n) is 5.14. The van der Waals surface area contributed by atoms with Crippen molar-refractivity contribution in [3.05, 3.63) is 46.2 Å². The molecule has 1 aromatic heterocycles. The van der Waals surface area contributed by atoms with Gasteiger partial charge in [-0.1, -0.05) is 23.7 Å². The first kappa shape index (κ1) is 19.4. The Bertz CT molecular complexity index is 899. The van der Waals surface area contributed by atoms with Gasteiger partial charge in [0.2, 0.25) is 10.0 Å². The van der Waals surface area contributed by atoms with Gasteiger partial charge >= 0.3 is 0 Å². The summed E-state index contributed by atoms with van der Waals surface area (Å²) in [6.07, 6.45) is 1.28. The molecule has 2 aromatic rings.